The van der Waals surface area contributed by atoms with Crippen molar-refractivity contribution in [2.24, 2.45) is 4.99 Å². The van der Waals surface area contributed by atoms with Gasteiger partial charge in [0.05, 0.1) is 31.9 Å². The Morgan fingerprint density at radius 3 is 2.87 bits per heavy atom. The molecule has 3 heterocycles. The van der Waals surface area contributed by atoms with Crippen molar-refractivity contribution in [2.45, 2.75) is 31.7 Å². The van der Waals surface area contributed by atoms with E-state index in [-0.39, 0.29) is 29.5 Å². The predicted octanol–water partition coefficient (Wildman–Crippen LogP) is 2.55. The van der Waals surface area contributed by atoms with Crippen molar-refractivity contribution in [3.05, 3.63) is 29.3 Å². The molecule has 3 aliphatic heterocycles. The summed E-state index contributed by atoms with van der Waals surface area (Å²) in [5, 5.41) is 6.96. The van der Waals surface area contributed by atoms with Crippen LogP contribution in [-0.4, -0.2) is 80.4 Å². The van der Waals surface area contributed by atoms with Crippen molar-refractivity contribution in [1.82, 2.24) is 15.5 Å². The first-order valence-corrected chi connectivity index (χ1v) is 12.1. The summed E-state index contributed by atoms with van der Waals surface area (Å²) < 4.78 is 11.2. The number of hydrogen-bond donors (Lipinski definition) is 2. The Morgan fingerprint density at radius 2 is 2.10 bits per heavy atom. The van der Waals surface area contributed by atoms with Gasteiger partial charge in [0.15, 0.2) is 5.96 Å². The highest BCUT2D eigenvalue weighted by molar-refractivity contribution is 14.0. The molecule has 0 amide bonds. The molecule has 0 bridgehead atoms. The van der Waals surface area contributed by atoms with Crippen LogP contribution < -0.4 is 15.4 Å². The molecule has 168 valence electrons. The summed E-state index contributed by atoms with van der Waals surface area (Å²) >= 11 is 2.06. The highest BCUT2D eigenvalue weighted by atomic mass is 127. The average molecular weight is 547 g/mol. The molecule has 1 aromatic rings. The molecule has 2 N–H and O–H groups in total. The minimum Gasteiger partial charge on any atom is -0.493 e. The Hall–Kier alpha value is -0.710. The van der Waals surface area contributed by atoms with Crippen LogP contribution in [0.4, 0.5) is 0 Å². The molecule has 0 aliphatic carbocycles. The minimum absolute atomic E-state index is 0. The number of ether oxygens (including phenoxy) is 2. The third-order valence-electron chi connectivity index (χ3n) is 6.10. The number of fused-ring (bicyclic) bond motifs is 1. The van der Waals surface area contributed by atoms with Gasteiger partial charge in [-0.15, -0.1) is 24.0 Å². The van der Waals surface area contributed by atoms with Gasteiger partial charge in [-0.1, -0.05) is 12.1 Å². The molecule has 3 aliphatic rings. The Labute approximate surface area is 202 Å². The van der Waals surface area contributed by atoms with Crippen molar-refractivity contribution in [3.63, 3.8) is 0 Å². The quantitative estimate of drug-likeness (QED) is 0.312. The van der Waals surface area contributed by atoms with Crippen LogP contribution in [-0.2, 0) is 17.6 Å². The molecule has 1 aromatic carbocycles. The van der Waals surface area contributed by atoms with Crippen LogP contribution in [0.5, 0.6) is 5.75 Å². The SMILES string of the molecule is CCNC(=NCC1(N2CCOCC2)CCSC1)NCCc1ccc2c(c1)CCO2.I. The Balaban J connectivity index is 0.00000256. The van der Waals surface area contributed by atoms with Crippen molar-refractivity contribution in [2.75, 3.05) is 64.1 Å². The lowest BCUT2D eigenvalue weighted by Gasteiger charge is -2.42. The number of halogens is 1. The lowest BCUT2D eigenvalue weighted by atomic mass is 9.96. The Morgan fingerprint density at radius 1 is 1.23 bits per heavy atom. The minimum atomic E-state index is 0. The molecule has 1 unspecified atom stereocenters. The number of rotatable bonds is 7. The highest BCUT2D eigenvalue weighted by Gasteiger charge is 2.40. The monoisotopic (exact) mass is 546 g/mol. The van der Waals surface area contributed by atoms with Gasteiger partial charge in [0, 0.05) is 38.4 Å². The molecule has 6 nitrogen and oxygen atoms in total. The number of aliphatic imine (C=N–C) groups is 1. The second-order valence-corrected chi connectivity index (χ2v) is 9.14. The molecule has 0 spiro atoms. The number of hydrogen-bond acceptors (Lipinski definition) is 5. The lowest BCUT2D eigenvalue weighted by Crippen LogP contribution is -2.56. The first-order chi connectivity index (χ1) is 14.3. The standard InChI is InChI=1S/C22H34N4O2S.HI/c1-2-23-21(24-8-5-18-3-4-20-19(15-18)6-11-28-20)25-16-22(7-14-29-17-22)26-9-12-27-13-10-26;/h3-4,15H,2,5-14,16-17H2,1H3,(H2,23,24,25);1H. The summed E-state index contributed by atoms with van der Waals surface area (Å²) in [4.78, 5) is 7.63. The molecule has 4 rings (SSSR count). The summed E-state index contributed by atoms with van der Waals surface area (Å²) in [6.45, 7) is 9.31. The van der Waals surface area contributed by atoms with Crippen LogP contribution in [0.15, 0.2) is 23.2 Å². The summed E-state index contributed by atoms with van der Waals surface area (Å²) in [5.74, 6) is 4.40. The van der Waals surface area contributed by atoms with Crippen LogP contribution in [0, 0.1) is 0 Å². The topological polar surface area (TPSA) is 58.1 Å². The second kappa shape index (κ2) is 11.8. The molecule has 0 saturated carbocycles. The second-order valence-electron chi connectivity index (χ2n) is 8.04. The van der Waals surface area contributed by atoms with E-state index in [0.717, 1.165) is 77.1 Å². The van der Waals surface area contributed by atoms with Gasteiger partial charge in [0.1, 0.15) is 5.75 Å². The van der Waals surface area contributed by atoms with Crippen LogP contribution in [0.25, 0.3) is 0 Å². The molecule has 0 radical (unpaired) electrons. The third-order valence-corrected chi connectivity index (χ3v) is 7.33. The normalized spacial score (nSPS) is 24.1. The first-order valence-electron chi connectivity index (χ1n) is 11.0. The van der Waals surface area contributed by atoms with E-state index in [1.807, 2.05) is 0 Å². The number of morpholine rings is 1. The molecule has 0 aromatic heterocycles. The van der Waals surface area contributed by atoms with Crippen molar-refractivity contribution < 1.29 is 9.47 Å². The van der Waals surface area contributed by atoms with E-state index >= 15 is 0 Å². The zero-order valence-electron chi connectivity index (χ0n) is 18.0. The summed E-state index contributed by atoms with van der Waals surface area (Å²) in [7, 11) is 0. The molecule has 30 heavy (non-hydrogen) atoms. The average Bonchev–Trinajstić information content (AvgIpc) is 3.42. The number of thioether (sulfide) groups is 1. The van der Waals surface area contributed by atoms with Gasteiger partial charge >= 0.3 is 0 Å². The van der Waals surface area contributed by atoms with Gasteiger partial charge in [0.25, 0.3) is 0 Å². The van der Waals surface area contributed by atoms with Gasteiger partial charge in [-0.05, 0) is 42.7 Å². The molecule has 1 atom stereocenters. The molecular weight excluding hydrogens is 511 g/mol. The zero-order valence-corrected chi connectivity index (χ0v) is 21.1. The number of benzene rings is 1. The van der Waals surface area contributed by atoms with E-state index in [9.17, 15) is 0 Å². The molecule has 2 saturated heterocycles. The predicted molar refractivity (Wildman–Crippen MR) is 136 cm³/mol. The number of nitrogens with zero attached hydrogens (tertiary/aromatic N) is 2. The summed E-state index contributed by atoms with van der Waals surface area (Å²) in [6.07, 6.45) is 3.24. The van der Waals surface area contributed by atoms with Crippen molar-refractivity contribution in [1.29, 1.82) is 0 Å². The van der Waals surface area contributed by atoms with E-state index in [4.69, 9.17) is 14.5 Å². The fraction of sp³-hybridized carbons (Fsp3) is 0.682. The van der Waals surface area contributed by atoms with E-state index in [2.05, 4.69) is 52.4 Å². The maximum absolute atomic E-state index is 5.61. The van der Waals surface area contributed by atoms with Crippen LogP contribution in [0.1, 0.15) is 24.5 Å². The smallest absolute Gasteiger partial charge is 0.191 e. The van der Waals surface area contributed by atoms with E-state index in [1.54, 1.807) is 0 Å². The van der Waals surface area contributed by atoms with Crippen molar-refractivity contribution >= 4 is 41.7 Å². The highest BCUT2D eigenvalue weighted by Crippen LogP contribution is 2.34. The lowest BCUT2D eigenvalue weighted by molar-refractivity contribution is -0.0104. The number of nitrogens with one attached hydrogen (secondary N) is 2. The molecule has 2 fully saturated rings. The number of guanidine groups is 1. The molecule has 8 heteroatoms. The fourth-order valence-corrected chi connectivity index (χ4v) is 5.86. The van der Waals surface area contributed by atoms with Gasteiger partial charge < -0.3 is 20.1 Å². The maximum atomic E-state index is 5.61. The third kappa shape index (κ3) is 5.95. The Bertz CT molecular complexity index is 706. The van der Waals surface area contributed by atoms with Crippen LogP contribution in [0.2, 0.25) is 0 Å². The van der Waals surface area contributed by atoms with Gasteiger partial charge in [-0.25, -0.2) is 0 Å². The van der Waals surface area contributed by atoms with Crippen molar-refractivity contribution in [3.8, 4) is 5.75 Å². The van der Waals surface area contributed by atoms with Gasteiger partial charge in [-0.3, -0.25) is 9.89 Å². The Kier molecular flexibility index (Phi) is 9.40. The van der Waals surface area contributed by atoms with Gasteiger partial charge in [0.2, 0.25) is 0 Å². The zero-order chi connectivity index (χ0) is 19.9. The molecular formula is C22H35IN4O2S. The van der Waals surface area contributed by atoms with E-state index in [1.165, 1.54) is 29.1 Å². The fourth-order valence-electron chi connectivity index (χ4n) is 4.40. The van der Waals surface area contributed by atoms with Crippen LogP contribution >= 0.6 is 35.7 Å². The first kappa shape index (κ1) is 23.9. The summed E-state index contributed by atoms with van der Waals surface area (Å²) in [5.41, 5.74) is 2.89. The van der Waals surface area contributed by atoms with Crippen LogP contribution in [0.3, 0.4) is 0 Å². The van der Waals surface area contributed by atoms with Gasteiger partial charge in [-0.2, -0.15) is 11.8 Å². The van der Waals surface area contributed by atoms with E-state index in [0.29, 0.717) is 0 Å². The largest absolute Gasteiger partial charge is 0.493 e. The summed E-state index contributed by atoms with van der Waals surface area (Å²) in [6, 6.07) is 6.58. The maximum Gasteiger partial charge on any atom is 0.191 e. The van der Waals surface area contributed by atoms with E-state index < -0.39 is 0 Å².